The van der Waals surface area contributed by atoms with Gasteiger partial charge in [0.15, 0.2) is 0 Å². The second kappa shape index (κ2) is 8.72. The highest BCUT2D eigenvalue weighted by Crippen LogP contribution is 2.24. The SMILES string of the molecule is O=C(C[C@H](NS(=O)(=O)c1ccccc1)c1ccc(Cl)cc1)O[C@H]1CCOC1=O. The smallest absolute Gasteiger partial charge is 0.347 e. The zero-order valence-corrected chi connectivity index (χ0v) is 16.3. The van der Waals surface area contributed by atoms with Crippen molar-refractivity contribution in [3.8, 4) is 0 Å². The average Bonchev–Trinajstić information content (AvgIpc) is 3.07. The Balaban J connectivity index is 1.80. The monoisotopic (exact) mass is 423 g/mol. The number of ether oxygens (including phenoxy) is 2. The predicted molar refractivity (Wildman–Crippen MR) is 101 cm³/mol. The molecule has 7 nitrogen and oxygen atoms in total. The molecule has 2 aromatic carbocycles. The van der Waals surface area contributed by atoms with Gasteiger partial charge in [0, 0.05) is 11.4 Å². The molecule has 0 bridgehead atoms. The molecule has 0 aliphatic carbocycles. The Kier molecular flexibility index (Phi) is 6.33. The third-order valence-corrected chi connectivity index (χ3v) is 5.89. The highest BCUT2D eigenvalue weighted by Gasteiger charge is 2.32. The van der Waals surface area contributed by atoms with Crippen LogP contribution in [0.3, 0.4) is 0 Å². The van der Waals surface area contributed by atoms with E-state index in [9.17, 15) is 18.0 Å². The zero-order chi connectivity index (χ0) is 20.1. The van der Waals surface area contributed by atoms with Gasteiger partial charge in [-0.15, -0.1) is 0 Å². The molecule has 0 unspecified atom stereocenters. The molecular weight excluding hydrogens is 406 g/mol. The molecular formula is C19H18ClNO6S. The summed E-state index contributed by atoms with van der Waals surface area (Å²) in [7, 11) is -3.88. The summed E-state index contributed by atoms with van der Waals surface area (Å²) in [4.78, 5) is 23.9. The van der Waals surface area contributed by atoms with Crippen molar-refractivity contribution in [3.05, 3.63) is 65.2 Å². The Morgan fingerprint density at radius 3 is 2.46 bits per heavy atom. The summed E-state index contributed by atoms with van der Waals surface area (Å²) in [5.74, 6) is -1.30. The van der Waals surface area contributed by atoms with Crippen LogP contribution in [0.15, 0.2) is 59.5 Å². The van der Waals surface area contributed by atoms with Crippen molar-refractivity contribution in [2.45, 2.75) is 29.9 Å². The number of esters is 2. The van der Waals surface area contributed by atoms with Gasteiger partial charge in [-0.05, 0) is 29.8 Å². The van der Waals surface area contributed by atoms with Gasteiger partial charge in [0.05, 0.1) is 24.0 Å². The Labute approximate surface area is 167 Å². The lowest BCUT2D eigenvalue weighted by molar-refractivity contribution is -0.160. The summed E-state index contributed by atoms with van der Waals surface area (Å²) < 4.78 is 37.8. The number of rotatable bonds is 7. The van der Waals surface area contributed by atoms with Gasteiger partial charge in [-0.1, -0.05) is 41.9 Å². The van der Waals surface area contributed by atoms with Gasteiger partial charge >= 0.3 is 11.9 Å². The average molecular weight is 424 g/mol. The maximum Gasteiger partial charge on any atom is 0.347 e. The fourth-order valence-electron chi connectivity index (χ4n) is 2.74. The Morgan fingerprint density at radius 1 is 1.18 bits per heavy atom. The first-order chi connectivity index (χ1) is 13.3. The summed E-state index contributed by atoms with van der Waals surface area (Å²) in [6.45, 7) is 0.192. The van der Waals surface area contributed by atoms with Crippen LogP contribution in [-0.4, -0.2) is 33.1 Å². The predicted octanol–water partition coefficient (Wildman–Crippen LogP) is 2.61. The third kappa shape index (κ3) is 5.09. The first-order valence-corrected chi connectivity index (χ1v) is 10.4. The molecule has 0 amide bonds. The highest BCUT2D eigenvalue weighted by molar-refractivity contribution is 7.89. The second-order valence-electron chi connectivity index (χ2n) is 6.18. The van der Waals surface area contributed by atoms with Crippen molar-refractivity contribution in [2.75, 3.05) is 6.61 Å². The minimum Gasteiger partial charge on any atom is -0.463 e. The lowest BCUT2D eigenvalue weighted by Gasteiger charge is -2.19. The van der Waals surface area contributed by atoms with Gasteiger partial charge in [0.25, 0.3) is 0 Å². The van der Waals surface area contributed by atoms with E-state index in [2.05, 4.69) is 4.72 Å². The van der Waals surface area contributed by atoms with Gasteiger partial charge < -0.3 is 9.47 Å². The Hall–Kier alpha value is -2.42. The molecule has 1 aliphatic rings. The number of cyclic esters (lactones) is 1. The molecule has 1 N–H and O–H groups in total. The summed E-state index contributed by atoms with van der Waals surface area (Å²) >= 11 is 5.90. The number of nitrogens with one attached hydrogen (secondary N) is 1. The summed E-state index contributed by atoms with van der Waals surface area (Å²) in [6.07, 6.45) is -0.965. The molecule has 0 aromatic heterocycles. The van der Waals surface area contributed by atoms with Crippen LogP contribution in [0, 0.1) is 0 Å². The summed E-state index contributed by atoms with van der Waals surface area (Å²) in [6, 6.07) is 13.4. The van der Waals surface area contributed by atoms with Crippen LogP contribution >= 0.6 is 11.6 Å². The fourth-order valence-corrected chi connectivity index (χ4v) is 4.11. The van der Waals surface area contributed by atoms with E-state index in [4.69, 9.17) is 21.1 Å². The van der Waals surface area contributed by atoms with E-state index in [1.165, 1.54) is 12.1 Å². The highest BCUT2D eigenvalue weighted by atomic mass is 35.5. The van der Waals surface area contributed by atoms with Gasteiger partial charge in [0.2, 0.25) is 16.1 Å². The van der Waals surface area contributed by atoms with Crippen molar-refractivity contribution in [2.24, 2.45) is 0 Å². The lowest BCUT2D eigenvalue weighted by atomic mass is 10.1. The number of sulfonamides is 1. The van der Waals surface area contributed by atoms with Gasteiger partial charge in [-0.2, -0.15) is 0 Å². The quantitative estimate of drug-likeness (QED) is 0.687. The van der Waals surface area contributed by atoms with E-state index in [0.717, 1.165) is 0 Å². The molecule has 3 rings (SSSR count). The number of hydrogen-bond donors (Lipinski definition) is 1. The Morgan fingerprint density at radius 2 is 1.86 bits per heavy atom. The molecule has 148 valence electrons. The van der Waals surface area contributed by atoms with E-state index in [1.54, 1.807) is 42.5 Å². The van der Waals surface area contributed by atoms with Crippen LogP contribution < -0.4 is 4.72 Å². The van der Waals surface area contributed by atoms with E-state index >= 15 is 0 Å². The van der Waals surface area contributed by atoms with Gasteiger partial charge in [0.1, 0.15) is 0 Å². The lowest BCUT2D eigenvalue weighted by Crippen LogP contribution is -2.32. The second-order valence-corrected chi connectivity index (χ2v) is 8.33. The fraction of sp³-hybridized carbons (Fsp3) is 0.263. The van der Waals surface area contributed by atoms with E-state index < -0.39 is 34.1 Å². The minimum atomic E-state index is -3.88. The molecule has 1 heterocycles. The topological polar surface area (TPSA) is 98.8 Å². The van der Waals surface area contributed by atoms with Crippen molar-refractivity contribution in [1.82, 2.24) is 4.72 Å². The van der Waals surface area contributed by atoms with Crippen molar-refractivity contribution in [3.63, 3.8) is 0 Å². The van der Waals surface area contributed by atoms with Crippen LogP contribution in [0.2, 0.25) is 5.02 Å². The molecule has 9 heteroatoms. The number of hydrogen-bond acceptors (Lipinski definition) is 6. The summed E-state index contributed by atoms with van der Waals surface area (Å²) in [5, 5.41) is 0.477. The van der Waals surface area contributed by atoms with Crippen LogP contribution in [-0.2, 0) is 29.1 Å². The molecule has 28 heavy (non-hydrogen) atoms. The maximum atomic E-state index is 12.7. The summed E-state index contributed by atoms with van der Waals surface area (Å²) in [5.41, 5.74) is 0.537. The van der Waals surface area contributed by atoms with Crippen LogP contribution in [0.1, 0.15) is 24.4 Å². The van der Waals surface area contributed by atoms with E-state index in [1.807, 2.05) is 0 Å². The number of benzene rings is 2. The van der Waals surface area contributed by atoms with Gasteiger partial charge in [-0.25, -0.2) is 17.9 Å². The Bertz CT molecular complexity index is 946. The van der Waals surface area contributed by atoms with Crippen LogP contribution in [0.4, 0.5) is 0 Å². The molecule has 0 spiro atoms. The first-order valence-electron chi connectivity index (χ1n) is 8.54. The molecule has 1 saturated heterocycles. The molecule has 2 atom stereocenters. The normalized spacial score (nSPS) is 17.8. The van der Waals surface area contributed by atoms with E-state index in [-0.39, 0.29) is 24.3 Å². The number of carbonyl (C=O) groups excluding carboxylic acids is 2. The van der Waals surface area contributed by atoms with Gasteiger partial charge in [-0.3, -0.25) is 4.79 Å². The first kappa shape index (κ1) is 20.3. The van der Waals surface area contributed by atoms with Crippen molar-refractivity contribution < 1.29 is 27.5 Å². The molecule has 0 saturated carbocycles. The van der Waals surface area contributed by atoms with Crippen LogP contribution in [0.25, 0.3) is 0 Å². The standard InChI is InChI=1S/C19H18ClNO6S/c20-14-8-6-13(7-9-14)16(12-18(22)27-17-10-11-26-19(17)23)21-28(24,25)15-4-2-1-3-5-15/h1-9,16-17,21H,10-12H2/t16-,17-/m0/s1. The van der Waals surface area contributed by atoms with Crippen LogP contribution in [0.5, 0.6) is 0 Å². The zero-order valence-electron chi connectivity index (χ0n) is 14.7. The molecule has 1 fully saturated rings. The molecule has 2 aromatic rings. The van der Waals surface area contributed by atoms with E-state index in [0.29, 0.717) is 10.6 Å². The number of carbonyl (C=O) groups is 2. The maximum absolute atomic E-state index is 12.7. The van der Waals surface area contributed by atoms with Crippen molar-refractivity contribution in [1.29, 1.82) is 0 Å². The minimum absolute atomic E-state index is 0.0710. The third-order valence-electron chi connectivity index (χ3n) is 4.16. The molecule has 1 aliphatic heterocycles. The number of halogens is 1. The largest absolute Gasteiger partial charge is 0.463 e. The molecule has 0 radical (unpaired) electrons. The van der Waals surface area contributed by atoms with Crippen molar-refractivity contribution >= 4 is 33.6 Å².